The van der Waals surface area contributed by atoms with Gasteiger partial charge in [0.25, 0.3) is 5.91 Å². The average molecular weight is 524 g/mol. The summed E-state index contributed by atoms with van der Waals surface area (Å²) in [5.41, 5.74) is 2.72. The van der Waals surface area contributed by atoms with Crippen molar-refractivity contribution in [3.8, 4) is 5.75 Å². The number of primary amides is 1. The zero-order valence-electron chi connectivity index (χ0n) is 20.3. The zero-order chi connectivity index (χ0) is 27.7. The van der Waals surface area contributed by atoms with Crippen LogP contribution in [0.15, 0.2) is 28.9 Å². The minimum atomic E-state index is -2.80. The highest BCUT2D eigenvalue weighted by atomic mass is 16.5. The number of amides is 2. The minimum absolute atomic E-state index is 0.00621. The monoisotopic (exact) mass is 524 g/mol. The Bertz CT molecular complexity index is 1420. The van der Waals surface area contributed by atoms with E-state index in [1.807, 2.05) is 0 Å². The molecule has 0 aliphatic heterocycles. The summed E-state index contributed by atoms with van der Waals surface area (Å²) in [7, 11) is 3.01. The van der Waals surface area contributed by atoms with Crippen LogP contribution in [0.5, 0.6) is 5.75 Å². The highest BCUT2D eigenvalue weighted by Gasteiger charge is 2.69. The van der Waals surface area contributed by atoms with E-state index in [-0.39, 0.29) is 35.4 Å². The van der Waals surface area contributed by atoms with Gasteiger partial charge in [0, 0.05) is 17.7 Å². The number of aromatic nitrogens is 1. The van der Waals surface area contributed by atoms with Crippen molar-refractivity contribution in [2.24, 2.45) is 29.4 Å². The molecule has 2 unspecified atom stereocenters. The van der Waals surface area contributed by atoms with E-state index in [0.717, 1.165) is 0 Å². The molecule has 2 aromatic rings. The van der Waals surface area contributed by atoms with Crippen LogP contribution in [0, 0.1) is 23.7 Å². The summed E-state index contributed by atoms with van der Waals surface area (Å²) in [6, 6.07) is 2.70. The van der Waals surface area contributed by atoms with Crippen molar-refractivity contribution in [2.45, 2.75) is 24.5 Å². The molecular weight excluding hydrogens is 500 g/mol. The van der Waals surface area contributed by atoms with E-state index in [4.69, 9.17) is 10.3 Å². The second kappa shape index (κ2) is 8.67. The van der Waals surface area contributed by atoms with Gasteiger partial charge in [-0.25, -0.2) is 0 Å². The molecule has 38 heavy (non-hydrogen) atoms. The molecule has 5 rings (SSSR count). The first-order valence-electron chi connectivity index (χ1n) is 11.8. The van der Waals surface area contributed by atoms with Crippen LogP contribution in [-0.2, 0) is 25.6 Å². The van der Waals surface area contributed by atoms with Crippen molar-refractivity contribution < 1.29 is 43.5 Å². The van der Waals surface area contributed by atoms with E-state index in [9.17, 15) is 39.0 Å². The van der Waals surface area contributed by atoms with Gasteiger partial charge in [0.15, 0.2) is 34.7 Å². The first-order valence-corrected chi connectivity index (χ1v) is 11.8. The Hall–Kier alpha value is -4.23. The molecule has 3 aliphatic carbocycles. The third-order valence-electron chi connectivity index (χ3n) is 7.85. The highest BCUT2D eigenvalue weighted by Crippen LogP contribution is 2.51. The molecule has 198 valence electrons. The van der Waals surface area contributed by atoms with Crippen molar-refractivity contribution in [2.75, 3.05) is 19.4 Å². The Morgan fingerprint density at radius 1 is 1.16 bits per heavy atom. The third-order valence-corrected chi connectivity index (χ3v) is 7.85. The summed E-state index contributed by atoms with van der Waals surface area (Å²) in [5, 5.41) is 28.2. The summed E-state index contributed by atoms with van der Waals surface area (Å²) >= 11 is 0. The number of carbonyl (C=O) groups is 6. The lowest BCUT2D eigenvalue weighted by Gasteiger charge is -2.52. The molecule has 6 atom stereocenters. The molecule has 1 heterocycles. The number of nitrogens with one attached hydrogen (secondary N) is 1. The number of aliphatic hydroxyl groups is 1. The molecule has 1 aromatic carbocycles. The van der Waals surface area contributed by atoms with Gasteiger partial charge in [0.05, 0.1) is 23.7 Å². The van der Waals surface area contributed by atoms with Crippen LogP contribution >= 0.6 is 0 Å². The van der Waals surface area contributed by atoms with Crippen molar-refractivity contribution in [1.82, 2.24) is 10.1 Å². The molecule has 2 saturated carbocycles. The van der Waals surface area contributed by atoms with Gasteiger partial charge in [-0.05, 0) is 50.6 Å². The summed E-state index contributed by atoms with van der Waals surface area (Å²) in [6.45, 7) is 0. The van der Waals surface area contributed by atoms with Crippen molar-refractivity contribution in [3.63, 3.8) is 0 Å². The number of phenols is 1. The Morgan fingerprint density at radius 3 is 2.47 bits per heavy atom. The predicted molar refractivity (Wildman–Crippen MR) is 126 cm³/mol. The lowest BCUT2D eigenvalue weighted by Crippen LogP contribution is -2.74. The number of phenolic OH excluding ortho intramolecular Hbond substituents is 1. The van der Waals surface area contributed by atoms with Crippen LogP contribution in [0.4, 0.5) is 5.69 Å². The number of carbonyl (C=O) groups excluding carboxylic acids is 6. The number of rotatable bonds is 4. The van der Waals surface area contributed by atoms with Gasteiger partial charge in [0.1, 0.15) is 5.75 Å². The number of Topliss-reactive ketones (excluding diaryl/α,β-unsaturated/α-hetero) is 4. The number of anilines is 1. The van der Waals surface area contributed by atoms with E-state index in [2.05, 4.69) is 10.5 Å². The fraction of sp³-hybridized carbons (Fsp3) is 0.400. The Morgan fingerprint density at radius 2 is 1.87 bits per heavy atom. The molecule has 2 fully saturated rings. The predicted octanol–water partition coefficient (Wildman–Crippen LogP) is -0.893. The average Bonchev–Trinajstić information content (AvgIpc) is 3.38. The fourth-order valence-corrected chi connectivity index (χ4v) is 6.24. The molecule has 3 aliphatic rings. The number of hydrogen-bond acceptors (Lipinski definition) is 11. The third kappa shape index (κ3) is 3.42. The highest BCUT2D eigenvalue weighted by molar-refractivity contribution is 6.32. The van der Waals surface area contributed by atoms with Crippen LogP contribution in [-0.4, -0.2) is 81.0 Å². The lowest BCUT2D eigenvalue weighted by molar-refractivity contribution is -0.181. The Kier molecular flexibility index (Phi) is 5.80. The van der Waals surface area contributed by atoms with Gasteiger partial charge in [-0.15, -0.1) is 0 Å². The van der Waals surface area contributed by atoms with Gasteiger partial charge in [0.2, 0.25) is 11.7 Å². The number of likely N-dealkylation sites (N-methyl/N-ethyl adjacent to an activating group) is 1. The molecule has 1 aromatic heterocycles. The number of hydrogen-bond donors (Lipinski definition) is 4. The summed E-state index contributed by atoms with van der Waals surface area (Å²) in [6.07, 6.45) is 1.18. The summed E-state index contributed by atoms with van der Waals surface area (Å²) in [4.78, 5) is 79.8. The standard InChI is InChI=1S/C25H24N4O9/c1-29(2)18-11-8-9-7-10-12(28-24(36)14-5-6-27-38-14)3-4-13(30)16(10)19(31)15(9)21(33)25(11,37)22(34)17(20(18)32)23(26)35/h3-6,9,11,15,17-18,30,37H,7-8H2,1-2H3,(H2,26,35)(H,28,36)/t9-,11-,15?,17?,18-,25-/m0/s1. The molecule has 0 spiro atoms. The molecule has 2 amide bonds. The molecule has 5 N–H and O–H groups in total. The maximum atomic E-state index is 13.8. The zero-order valence-corrected chi connectivity index (χ0v) is 20.3. The summed E-state index contributed by atoms with van der Waals surface area (Å²) in [5.74, 6) is -12.2. The molecule has 0 bridgehead atoms. The number of fused-ring (bicyclic) bond motifs is 3. The number of nitrogens with two attached hydrogens (primary N) is 1. The van der Waals surface area contributed by atoms with Crippen molar-refractivity contribution in [3.05, 3.63) is 41.3 Å². The number of aromatic hydroxyl groups is 1. The van der Waals surface area contributed by atoms with Gasteiger partial charge in [-0.3, -0.25) is 33.7 Å². The van der Waals surface area contributed by atoms with Gasteiger partial charge < -0.3 is 25.8 Å². The van der Waals surface area contributed by atoms with Crippen molar-refractivity contribution >= 4 is 40.6 Å². The van der Waals surface area contributed by atoms with Crippen LogP contribution in [0.1, 0.15) is 32.9 Å². The van der Waals surface area contributed by atoms with Crippen LogP contribution < -0.4 is 11.1 Å². The van der Waals surface area contributed by atoms with Gasteiger partial charge in [-0.1, -0.05) is 5.16 Å². The number of nitrogens with zero attached hydrogens (tertiary/aromatic N) is 2. The topological polar surface area (TPSA) is 210 Å². The minimum Gasteiger partial charge on any atom is -0.507 e. The first-order chi connectivity index (χ1) is 17.9. The molecule has 13 heteroatoms. The second-order valence-electron chi connectivity index (χ2n) is 10.1. The quantitative estimate of drug-likeness (QED) is 0.284. The van der Waals surface area contributed by atoms with E-state index in [1.54, 1.807) is 0 Å². The van der Waals surface area contributed by atoms with E-state index in [0.29, 0.717) is 0 Å². The molecular formula is C25H24N4O9. The van der Waals surface area contributed by atoms with E-state index >= 15 is 0 Å². The number of benzene rings is 1. The first kappa shape index (κ1) is 25.4. The van der Waals surface area contributed by atoms with E-state index in [1.165, 1.54) is 43.4 Å². The molecule has 0 saturated heterocycles. The SMILES string of the molecule is CN(C)[C@@H]1C(=O)C(C(N)=O)C(=O)[C@@]2(O)C(=O)C3C(=O)c4c(O)ccc(NC(=O)c5ccno5)c4C[C@H]3C[C@@H]12. The maximum Gasteiger partial charge on any atom is 0.294 e. The smallest absolute Gasteiger partial charge is 0.294 e. The maximum absolute atomic E-state index is 13.8. The normalized spacial score (nSPS) is 30.5. The number of ketones is 4. The lowest BCUT2D eigenvalue weighted by atomic mass is 9.52. The van der Waals surface area contributed by atoms with E-state index < -0.39 is 76.0 Å². The van der Waals surface area contributed by atoms with Gasteiger partial charge in [-0.2, -0.15) is 0 Å². The van der Waals surface area contributed by atoms with Crippen LogP contribution in [0.2, 0.25) is 0 Å². The van der Waals surface area contributed by atoms with Crippen LogP contribution in [0.3, 0.4) is 0 Å². The Labute approximate surface area is 214 Å². The molecule has 13 nitrogen and oxygen atoms in total. The van der Waals surface area contributed by atoms with Crippen LogP contribution in [0.25, 0.3) is 0 Å². The molecule has 0 radical (unpaired) electrons. The van der Waals surface area contributed by atoms with Gasteiger partial charge >= 0.3 is 0 Å². The second-order valence-corrected chi connectivity index (χ2v) is 10.1. The van der Waals surface area contributed by atoms with Crippen molar-refractivity contribution in [1.29, 1.82) is 0 Å². The fourth-order valence-electron chi connectivity index (χ4n) is 6.24. The summed E-state index contributed by atoms with van der Waals surface area (Å²) < 4.78 is 4.85. The Balaban J connectivity index is 1.59. The largest absolute Gasteiger partial charge is 0.507 e.